The molecule has 1 atom stereocenters. The van der Waals surface area contributed by atoms with Crippen molar-refractivity contribution in [2.45, 2.75) is 26.3 Å². The van der Waals surface area contributed by atoms with Gasteiger partial charge in [0.25, 0.3) is 5.91 Å². The lowest BCUT2D eigenvalue weighted by Gasteiger charge is -2.28. The second kappa shape index (κ2) is 8.08. The van der Waals surface area contributed by atoms with Gasteiger partial charge in [0.2, 0.25) is 0 Å². The summed E-state index contributed by atoms with van der Waals surface area (Å²) >= 11 is 0. The molecule has 0 bridgehead atoms. The van der Waals surface area contributed by atoms with E-state index >= 15 is 0 Å². The quantitative estimate of drug-likeness (QED) is 0.762. The average molecular weight is 388 g/mol. The summed E-state index contributed by atoms with van der Waals surface area (Å²) in [6, 6.07) is 13.1. The average Bonchev–Trinajstić information content (AvgIpc) is 3.03. The van der Waals surface area contributed by atoms with Crippen molar-refractivity contribution in [1.82, 2.24) is 9.88 Å². The van der Waals surface area contributed by atoms with Crippen LogP contribution in [0.25, 0.3) is 0 Å². The Hall–Kier alpha value is -2.41. The molecule has 1 aromatic heterocycles. The molecular weight excluding hydrogens is 362 g/mol. The van der Waals surface area contributed by atoms with Crippen molar-refractivity contribution in [2.75, 3.05) is 29.5 Å². The van der Waals surface area contributed by atoms with Crippen molar-refractivity contribution in [1.29, 1.82) is 0 Å². The molecule has 1 aromatic carbocycles. The Kier molecular flexibility index (Phi) is 5.79. The summed E-state index contributed by atoms with van der Waals surface area (Å²) < 4.78 is 23.6. The molecule has 1 fully saturated rings. The van der Waals surface area contributed by atoms with Crippen LogP contribution in [0.4, 0.5) is 11.5 Å². The van der Waals surface area contributed by atoms with E-state index in [1.807, 2.05) is 49.1 Å². The molecule has 2 heterocycles. The van der Waals surface area contributed by atoms with E-state index in [0.717, 1.165) is 5.69 Å². The molecule has 144 valence electrons. The number of rotatable bonds is 6. The van der Waals surface area contributed by atoms with E-state index in [9.17, 15) is 13.2 Å². The maximum Gasteiger partial charge on any atom is 0.254 e. The van der Waals surface area contributed by atoms with E-state index in [1.54, 1.807) is 23.2 Å². The molecule has 0 N–H and O–H groups in total. The first-order valence-electron chi connectivity index (χ1n) is 9.25. The molecule has 1 saturated heterocycles. The van der Waals surface area contributed by atoms with Gasteiger partial charge in [0, 0.05) is 36.6 Å². The number of pyridine rings is 1. The highest BCUT2D eigenvalue weighted by molar-refractivity contribution is 7.91. The summed E-state index contributed by atoms with van der Waals surface area (Å²) in [5.74, 6) is 0.757. The Morgan fingerprint density at radius 1 is 1.15 bits per heavy atom. The summed E-state index contributed by atoms with van der Waals surface area (Å²) in [6.07, 6.45) is 2.14. The lowest BCUT2D eigenvalue weighted by molar-refractivity contribution is 0.0708. The number of hydrogen-bond acceptors (Lipinski definition) is 5. The van der Waals surface area contributed by atoms with Crippen LogP contribution in [0, 0.1) is 0 Å². The van der Waals surface area contributed by atoms with Gasteiger partial charge in [-0.3, -0.25) is 4.79 Å². The number of hydrogen-bond donors (Lipinski definition) is 0. The van der Waals surface area contributed by atoms with E-state index in [0.29, 0.717) is 30.9 Å². The standard InChI is InChI=1S/C20H25N3O3S/c1-3-22(17-8-6-5-7-9-17)19-14-16(10-12-21-19)20(24)23(4-2)18-11-13-27(25,26)15-18/h5-10,12,14,18H,3-4,11,13,15H2,1-2H3. The van der Waals surface area contributed by atoms with Crippen LogP contribution in [0.5, 0.6) is 0 Å². The smallest absolute Gasteiger partial charge is 0.254 e. The van der Waals surface area contributed by atoms with Gasteiger partial charge in [0.15, 0.2) is 9.84 Å². The fourth-order valence-corrected chi connectivity index (χ4v) is 5.27. The predicted molar refractivity (Wildman–Crippen MR) is 107 cm³/mol. The fraction of sp³-hybridized carbons (Fsp3) is 0.400. The van der Waals surface area contributed by atoms with Crippen molar-refractivity contribution in [3.63, 3.8) is 0 Å². The van der Waals surface area contributed by atoms with Gasteiger partial charge >= 0.3 is 0 Å². The number of nitrogens with zero attached hydrogens (tertiary/aromatic N) is 3. The Balaban J connectivity index is 1.86. The van der Waals surface area contributed by atoms with Crippen LogP contribution in [0.3, 0.4) is 0 Å². The molecule has 1 unspecified atom stereocenters. The topological polar surface area (TPSA) is 70.6 Å². The highest BCUT2D eigenvalue weighted by atomic mass is 32.2. The highest BCUT2D eigenvalue weighted by Crippen LogP contribution is 2.25. The lowest BCUT2D eigenvalue weighted by atomic mass is 10.1. The Morgan fingerprint density at radius 2 is 1.89 bits per heavy atom. The van der Waals surface area contributed by atoms with Crippen molar-refractivity contribution in [3.05, 3.63) is 54.2 Å². The highest BCUT2D eigenvalue weighted by Gasteiger charge is 2.34. The summed E-state index contributed by atoms with van der Waals surface area (Å²) in [7, 11) is -3.04. The molecule has 1 amide bonds. The van der Waals surface area contributed by atoms with Gasteiger partial charge in [0.1, 0.15) is 5.82 Å². The number of aromatic nitrogens is 1. The van der Waals surface area contributed by atoms with Crippen LogP contribution in [-0.4, -0.2) is 54.8 Å². The molecule has 7 heteroatoms. The van der Waals surface area contributed by atoms with E-state index in [4.69, 9.17) is 0 Å². The van der Waals surface area contributed by atoms with Crippen LogP contribution in [0.1, 0.15) is 30.6 Å². The Bertz CT molecular complexity index is 900. The number of sulfone groups is 1. The van der Waals surface area contributed by atoms with Gasteiger partial charge in [-0.25, -0.2) is 13.4 Å². The van der Waals surface area contributed by atoms with Gasteiger partial charge in [-0.2, -0.15) is 0 Å². The zero-order valence-electron chi connectivity index (χ0n) is 15.7. The largest absolute Gasteiger partial charge is 0.335 e. The summed E-state index contributed by atoms with van der Waals surface area (Å²) in [5.41, 5.74) is 1.53. The van der Waals surface area contributed by atoms with Crippen molar-refractivity contribution in [3.8, 4) is 0 Å². The van der Waals surface area contributed by atoms with E-state index in [2.05, 4.69) is 4.98 Å². The molecular formula is C20H25N3O3S. The third-order valence-electron chi connectivity index (χ3n) is 4.90. The van der Waals surface area contributed by atoms with Crippen molar-refractivity contribution in [2.24, 2.45) is 0 Å². The first-order valence-corrected chi connectivity index (χ1v) is 11.1. The van der Waals surface area contributed by atoms with Crippen molar-refractivity contribution < 1.29 is 13.2 Å². The zero-order chi connectivity index (χ0) is 19.4. The lowest BCUT2D eigenvalue weighted by Crippen LogP contribution is -2.41. The molecule has 0 saturated carbocycles. The van der Waals surface area contributed by atoms with Crippen LogP contribution >= 0.6 is 0 Å². The minimum atomic E-state index is -3.04. The van der Waals surface area contributed by atoms with Gasteiger partial charge in [-0.05, 0) is 44.5 Å². The normalized spacial score (nSPS) is 18.2. The molecule has 6 nitrogen and oxygen atoms in total. The Morgan fingerprint density at radius 3 is 2.48 bits per heavy atom. The van der Waals surface area contributed by atoms with Crippen LogP contribution in [0.15, 0.2) is 48.7 Å². The van der Waals surface area contributed by atoms with E-state index in [1.165, 1.54) is 0 Å². The molecule has 0 spiro atoms. The summed E-state index contributed by atoms with van der Waals surface area (Å²) in [5, 5.41) is 0. The SMILES string of the molecule is CCN(c1ccccc1)c1cc(C(=O)N(CC)C2CCS(=O)(=O)C2)ccn1. The third kappa shape index (κ3) is 4.30. The van der Waals surface area contributed by atoms with Gasteiger partial charge in [-0.15, -0.1) is 0 Å². The number of para-hydroxylation sites is 1. The summed E-state index contributed by atoms with van der Waals surface area (Å²) in [4.78, 5) is 21.2. The molecule has 0 radical (unpaired) electrons. The van der Waals surface area contributed by atoms with Crippen LogP contribution < -0.4 is 4.90 Å². The Labute approximate surface area is 160 Å². The maximum atomic E-state index is 13.1. The number of carbonyl (C=O) groups is 1. The summed E-state index contributed by atoms with van der Waals surface area (Å²) in [6.45, 7) is 5.11. The van der Waals surface area contributed by atoms with Crippen molar-refractivity contribution >= 4 is 27.2 Å². The molecule has 1 aliphatic heterocycles. The molecule has 3 rings (SSSR count). The number of amides is 1. The maximum absolute atomic E-state index is 13.1. The van der Waals surface area contributed by atoms with E-state index in [-0.39, 0.29) is 23.5 Å². The second-order valence-electron chi connectivity index (χ2n) is 6.63. The number of carbonyl (C=O) groups excluding carboxylic acids is 1. The van der Waals surface area contributed by atoms with Crippen LogP contribution in [-0.2, 0) is 9.84 Å². The first kappa shape index (κ1) is 19.4. The second-order valence-corrected chi connectivity index (χ2v) is 8.86. The predicted octanol–water partition coefficient (Wildman–Crippen LogP) is 2.89. The number of anilines is 2. The van der Waals surface area contributed by atoms with E-state index < -0.39 is 9.84 Å². The van der Waals surface area contributed by atoms with Gasteiger partial charge < -0.3 is 9.80 Å². The molecule has 1 aliphatic rings. The zero-order valence-corrected chi connectivity index (χ0v) is 16.5. The van der Waals surface area contributed by atoms with Crippen LogP contribution in [0.2, 0.25) is 0 Å². The monoisotopic (exact) mass is 387 g/mol. The number of benzene rings is 1. The van der Waals surface area contributed by atoms with Gasteiger partial charge in [-0.1, -0.05) is 18.2 Å². The first-order chi connectivity index (χ1) is 12.9. The molecule has 2 aromatic rings. The molecule has 0 aliphatic carbocycles. The minimum absolute atomic E-state index is 0.0512. The minimum Gasteiger partial charge on any atom is -0.335 e. The molecule has 27 heavy (non-hydrogen) atoms. The van der Waals surface area contributed by atoms with Gasteiger partial charge in [0.05, 0.1) is 11.5 Å². The third-order valence-corrected chi connectivity index (χ3v) is 6.65. The fourth-order valence-electron chi connectivity index (χ4n) is 3.54.